The number of aromatic nitrogens is 2. The van der Waals surface area contributed by atoms with Crippen molar-refractivity contribution in [2.75, 3.05) is 33.3 Å². The van der Waals surface area contributed by atoms with Crippen LogP contribution < -0.4 is 10.6 Å². The van der Waals surface area contributed by atoms with Gasteiger partial charge in [-0.05, 0) is 13.5 Å². The molecule has 94 valence electrons. The van der Waals surface area contributed by atoms with Crippen LogP contribution in [0.5, 0.6) is 6.01 Å². The first kappa shape index (κ1) is 11.0. The fourth-order valence-corrected chi connectivity index (χ4v) is 2.45. The summed E-state index contributed by atoms with van der Waals surface area (Å²) in [7, 11) is 2.12. The zero-order valence-corrected chi connectivity index (χ0v) is 10.2. The van der Waals surface area contributed by atoms with Crippen LogP contribution in [-0.4, -0.2) is 52.7 Å². The van der Waals surface area contributed by atoms with Crippen molar-refractivity contribution in [1.29, 1.82) is 0 Å². The summed E-state index contributed by atoms with van der Waals surface area (Å²) in [6.45, 7) is 4.58. The molecule has 1 aromatic rings. The third kappa shape index (κ3) is 2.03. The third-order valence-electron chi connectivity index (χ3n) is 3.50. The van der Waals surface area contributed by atoms with Gasteiger partial charge < -0.3 is 14.2 Å². The average Bonchev–Trinajstić information content (AvgIpc) is 2.75. The smallest absolute Gasteiger partial charge is 0.296 e. The Kier molecular flexibility index (Phi) is 2.78. The molecular formula is C11H19N5O. The third-order valence-corrected chi connectivity index (χ3v) is 3.50. The van der Waals surface area contributed by atoms with Crippen molar-refractivity contribution in [2.45, 2.75) is 19.0 Å². The minimum absolute atomic E-state index is 0.176. The number of hydrogen-bond acceptors (Lipinski definition) is 5. The highest BCUT2D eigenvalue weighted by molar-refractivity contribution is 5.14. The number of likely N-dealkylation sites (N-methyl/N-ethyl adjacent to an activating group) is 1. The van der Waals surface area contributed by atoms with E-state index in [9.17, 15) is 0 Å². The first-order valence-corrected chi connectivity index (χ1v) is 6.14. The van der Waals surface area contributed by atoms with Crippen LogP contribution in [-0.2, 0) is 6.54 Å². The van der Waals surface area contributed by atoms with Gasteiger partial charge in [-0.3, -0.25) is 5.84 Å². The SMILES string of the molecule is CN1CCN(N)C(c2cn3c(n2)OCCC3)C1. The number of hydrazine groups is 1. The molecule has 0 bridgehead atoms. The van der Waals surface area contributed by atoms with E-state index in [2.05, 4.69) is 27.7 Å². The Labute approximate surface area is 101 Å². The molecule has 6 nitrogen and oxygen atoms in total. The first-order valence-electron chi connectivity index (χ1n) is 6.14. The van der Waals surface area contributed by atoms with E-state index in [4.69, 9.17) is 10.6 Å². The molecule has 0 aliphatic carbocycles. The Morgan fingerprint density at radius 2 is 2.29 bits per heavy atom. The van der Waals surface area contributed by atoms with Crippen molar-refractivity contribution >= 4 is 0 Å². The van der Waals surface area contributed by atoms with Gasteiger partial charge in [0, 0.05) is 32.4 Å². The maximum absolute atomic E-state index is 6.05. The Bertz CT molecular complexity index is 381. The molecule has 3 heterocycles. The van der Waals surface area contributed by atoms with Crippen molar-refractivity contribution in [3.05, 3.63) is 11.9 Å². The zero-order valence-electron chi connectivity index (χ0n) is 10.2. The maximum atomic E-state index is 6.05. The van der Waals surface area contributed by atoms with Crippen LogP contribution in [0.2, 0.25) is 0 Å². The van der Waals surface area contributed by atoms with Gasteiger partial charge in [0.1, 0.15) is 0 Å². The molecule has 0 amide bonds. The van der Waals surface area contributed by atoms with Gasteiger partial charge in [-0.2, -0.15) is 4.98 Å². The minimum atomic E-state index is 0.176. The highest BCUT2D eigenvalue weighted by atomic mass is 16.5. The molecule has 1 fully saturated rings. The van der Waals surface area contributed by atoms with Crippen LogP contribution in [0.15, 0.2) is 6.20 Å². The molecule has 2 N–H and O–H groups in total. The fraction of sp³-hybridized carbons (Fsp3) is 0.727. The van der Waals surface area contributed by atoms with Gasteiger partial charge in [-0.25, -0.2) is 5.01 Å². The molecular weight excluding hydrogens is 218 g/mol. The van der Waals surface area contributed by atoms with E-state index < -0.39 is 0 Å². The number of imidazole rings is 1. The second-order valence-electron chi connectivity index (χ2n) is 4.86. The van der Waals surface area contributed by atoms with Crippen LogP contribution in [0.25, 0.3) is 0 Å². The zero-order chi connectivity index (χ0) is 11.8. The molecule has 1 unspecified atom stereocenters. The predicted molar refractivity (Wildman–Crippen MR) is 63.5 cm³/mol. The number of ether oxygens (including phenoxy) is 1. The fourth-order valence-electron chi connectivity index (χ4n) is 2.45. The molecule has 17 heavy (non-hydrogen) atoms. The molecule has 2 aliphatic rings. The molecule has 1 atom stereocenters. The second kappa shape index (κ2) is 4.29. The van der Waals surface area contributed by atoms with Crippen molar-refractivity contribution in [1.82, 2.24) is 19.5 Å². The molecule has 1 aromatic heterocycles. The lowest BCUT2D eigenvalue weighted by Crippen LogP contribution is -2.50. The van der Waals surface area contributed by atoms with Gasteiger partial charge in [-0.1, -0.05) is 0 Å². The summed E-state index contributed by atoms with van der Waals surface area (Å²) in [5, 5.41) is 1.88. The van der Waals surface area contributed by atoms with E-state index in [0.29, 0.717) is 0 Å². The molecule has 2 aliphatic heterocycles. The summed E-state index contributed by atoms with van der Waals surface area (Å²) < 4.78 is 7.62. The summed E-state index contributed by atoms with van der Waals surface area (Å²) in [5.74, 6) is 6.05. The Morgan fingerprint density at radius 3 is 3.12 bits per heavy atom. The number of nitrogens with zero attached hydrogens (tertiary/aromatic N) is 4. The number of fused-ring (bicyclic) bond motifs is 1. The standard InChI is InChI=1S/C11H19N5O/c1-14-4-5-16(12)10(8-14)9-7-15-3-2-6-17-11(15)13-9/h7,10H,2-6,8,12H2,1H3. The molecule has 6 heteroatoms. The van der Waals surface area contributed by atoms with Crippen LogP contribution in [0.3, 0.4) is 0 Å². The predicted octanol–water partition coefficient (Wildman–Crippen LogP) is -0.172. The van der Waals surface area contributed by atoms with E-state index in [0.717, 1.165) is 50.9 Å². The van der Waals surface area contributed by atoms with Crippen LogP contribution in [0, 0.1) is 0 Å². The van der Waals surface area contributed by atoms with Crippen LogP contribution in [0.4, 0.5) is 0 Å². The monoisotopic (exact) mass is 237 g/mol. The number of rotatable bonds is 1. The number of hydrogen-bond donors (Lipinski definition) is 1. The van der Waals surface area contributed by atoms with Gasteiger partial charge >= 0.3 is 0 Å². The van der Waals surface area contributed by atoms with Crippen LogP contribution >= 0.6 is 0 Å². The molecule has 0 spiro atoms. The Morgan fingerprint density at radius 1 is 1.41 bits per heavy atom. The lowest BCUT2D eigenvalue weighted by atomic mass is 10.1. The average molecular weight is 237 g/mol. The number of nitrogens with two attached hydrogens (primary N) is 1. The lowest BCUT2D eigenvalue weighted by Gasteiger charge is -2.36. The summed E-state index contributed by atoms with van der Waals surface area (Å²) in [6.07, 6.45) is 3.14. The number of aryl methyl sites for hydroxylation is 1. The summed E-state index contributed by atoms with van der Waals surface area (Å²) in [6, 6.07) is 0.920. The molecule has 0 aromatic carbocycles. The van der Waals surface area contributed by atoms with Gasteiger partial charge in [-0.15, -0.1) is 0 Å². The molecule has 0 radical (unpaired) electrons. The summed E-state index contributed by atoms with van der Waals surface area (Å²) in [5.41, 5.74) is 1.02. The molecule has 1 saturated heterocycles. The number of piperazine rings is 1. The van der Waals surface area contributed by atoms with Crippen molar-refractivity contribution < 1.29 is 4.74 Å². The highest BCUT2D eigenvalue weighted by Crippen LogP contribution is 2.25. The van der Waals surface area contributed by atoms with Crippen molar-refractivity contribution in [2.24, 2.45) is 5.84 Å². The Balaban J connectivity index is 1.84. The quantitative estimate of drug-likeness (QED) is 0.687. The molecule has 0 saturated carbocycles. The largest absolute Gasteiger partial charge is 0.465 e. The lowest BCUT2D eigenvalue weighted by molar-refractivity contribution is 0.0881. The highest BCUT2D eigenvalue weighted by Gasteiger charge is 2.28. The van der Waals surface area contributed by atoms with Crippen molar-refractivity contribution in [3.63, 3.8) is 0 Å². The topological polar surface area (TPSA) is 59.5 Å². The summed E-state index contributed by atoms with van der Waals surface area (Å²) in [4.78, 5) is 6.84. The van der Waals surface area contributed by atoms with Gasteiger partial charge in [0.15, 0.2) is 0 Å². The normalized spacial score (nSPS) is 26.6. The molecule has 3 rings (SSSR count). The minimum Gasteiger partial charge on any atom is -0.465 e. The van der Waals surface area contributed by atoms with Crippen LogP contribution in [0.1, 0.15) is 18.2 Å². The van der Waals surface area contributed by atoms with E-state index >= 15 is 0 Å². The maximum Gasteiger partial charge on any atom is 0.296 e. The van der Waals surface area contributed by atoms with Crippen molar-refractivity contribution in [3.8, 4) is 6.01 Å². The van der Waals surface area contributed by atoms with E-state index in [-0.39, 0.29) is 6.04 Å². The van der Waals surface area contributed by atoms with E-state index in [1.54, 1.807) is 0 Å². The van der Waals surface area contributed by atoms with E-state index in [1.807, 2.05) is 5.01 Å². The van der Waals surface area contributed by atoms with Gasteiger partial charge in [0.25, 0.3) is 6.01 Å². The van der Waals surface area contributed by atoms with E-state index in [1.165, 1.54) is 0 Å². The second-order valence-corrected chi connectivity index (χ2v) is 4.86. The van der Waals surface area contributed by atoms with Gasteiger partial charge in [0.05, 0.1) is 18.3 Å². The Hall–Kier alpha value is -1.11. The van der Waals surface area contributed by atoms with Gasteiger partial charge in [0.2, 0.25) is 0 Å². The first-order chi connectivity index (χ1) is 8.24. The summed E-state index contributed by atoms with van der Waals surface area (Å²) >= 11 is 0.